The number of nitrogen functional groups attached to an aromatic ring is 1. The summed E-state index contributed by atoms with van der Waals surface area (Å²) in [6, 6.07) is 5.54. The molecule has 0 saturated heterocycles. The molecule has 1 aromatic carbocycles. The first kappa shape index (κ1) is 26.9. The van der Waals surface area contributed by atoms with Crippen LogP contribution in [0.25, 0.3) is 11.1 Å². The Morgan fingerprint density at radius 2 is 2.00 bits per heavy atom. The minimum absolute atomic E-state index is 0.0337. The predicted molar refractivity (Wildman–Crippen MR) is 133 cm³/mol. The van der Waals surface area contributed by atoms with Crippen molar-refractivity contribution < 1.29 is 32.5 Å². The lowest BCUT2D eigenvalue weighted by Crippen LogP contribution is -2.28. The molecular formula is C26H27ClF3N3O4. The zero-order valence-corrected chi connectivity index (χ0v) is 20.9. The van der Waals surface area contributed by atoms with Crippen LogP contribution in [0.3, 0.4) is 0 Å². The van der Waals surface area contributed by atoms with Crippen molar-refractivity contribution in [1.82, 2.24) is 9.97 Å². The molecule has 0 radical (unpaired) electrons. The molecule has 1 aliphatic carbocycles. The van der Waals surface area contributed by atoms with E-state index in [1.165, 1.54) is 24.3 Å². The average molecular weight is 538 g/mol. The van der Waals surface area contributed by atoms with Crippen molar-refractivity contribution in [2.75, 3.05) is 18.9 Å². The second kappa shape index (κ2) is 11.1. The number of hydrogen-bond donors (Lipinski definition) is 2. The fourth-order valence-electron chi connectivity index (χ4n) is 4.64. The molecule has 4 rings (SSSR count). The van der Waals surface area contributed by atoms with Gasteiger partial charge in [-0.1, -0.05) is 36.7 Å². The lowest BCUT2D eigenvalue weighted by Gasteiger charge is -2.26. The third-order valence-corrected chi connectivity index (χ3v) is 6.98. The topological polar surface area (TPSA) is 108 Å². The van der Waals surface area contributed by atoms with Gasteiger partial charge in [0.15, 0.2) is 0 Å². The van der Waals surface area contributed by atoms with Gasteiger partial charge in [-0.2, -0.15) is 18.2 Å². The number of alkyl halides is 3. The second-order valence-electron chi connectivity index (χ2n) is 9.17. The first-order chi connectivity index (χ1) is 17.5. The normalized spacial score (nSPS) is 20.0. The van der Waals surface area contributed by atoms with E-state index >= 15 is 0 Å². The van der Waals surface area contributed by atoms with Crippen molar-refractivity contribution in [2.24, 2.45) is 11.8 Å². The Morgan fingerprint density at radius 1 is 1.22 bits per heavy atom. The highest BCUT2D eigenvalue weighted by molar-refractivity contribution is 6.30. The van der Waals surface area contributed by atoms with E-state index in [1.54, 1.807) is 13.0 Å². The number of nitrogens with two attached hydrogens (primary N) is 1. The van der Waals surface area contributed by atoms with Crippen molar-refractivity contribution in [3.63, 3.8) is 0 Å². The van der Waals surface area contributed by atoms with Gasteiger partial charge in [-0.3, -0.25) is 4.79 Å². The molecule has 2 aliphatic rings. The number of carboxylic acids is 1. The molecule has 0 spiro atoms. The van der Waals surface area contributed by atoms with Crippen LogP contribution in [0.4, 0.5) is 19.1 Å². The van der Waals surface area contributed by atoms with Crippen LogP contribution in [0.2, 0.25) is 5.02 Å². The van der Waals surface area contributed by atoms with E-state index in [1.807, 2.05) is 6.08 Å². The number of anilines is 1. The van der Waals surface area contributed by atoms with Crippen LogP contribution >= 0.6 is 11.6 Å². The van der Waals surface area contributed by atoms with Gasteiger partial charge in [-0.05, 0) is 60.4 Å². The lowest BCUT2D eigenvalue weighted by atomic mass is 9.81. The molecule has 0 bridgehead atoms. The van der Waals surface area contributed by atoms with Crippen LogP contribution in [0.1, 0.15) is 55.5 Å². The van der Waals surface area contributed by atoms with E-state index in [0.29, 0.717) is 60.8 Å². The number of rotatable bonds is 7. The van der Waals surface area contributed by atoms with Gasteiger partial charge in [0.25, 0.3) is 0 Å². The fourth-order valence-corrected chi connectivity index (χ4v) is 4.82. The smallest absolute Gasteiger partial charge is 0.429 e. The molecule has 2 heterocycles. The van der Waals surface area contributed by atoms with Crippen LogP contribution in [-0.2, 0) is 9.53 Å². The molecule has 3 atom stereocenters. The molecule has 1 aromatic heterocycles. The van der Waals surface area contributed by atoms with Gasteiger partial charge >= 0.3 is 12.1 Å². The number of aliphatic carboxylic acids is 1. The predicted octanol–water partition coefficient (Wildman–Crippen LogP) is 6.10. The maximum atomic E-state index is 14.3. The summed E-state index contributed by atoms with van der Waals surface area (Å²) in [7, 11) is 0. The number of ether oxygens (including phenoxy) is 2. The first-order valence-corrected chi connectivity index (χ1v) is 12.3. The van der Waals surface area contributed by atoms with Crippen LogP contribution in [0.15, 0.2) is 36.4 Å². The molecule has 1 aliphatic heterocycles. The van der Waals surface area contributed by atoms with E-state index in [4.69, 9.17) is 26.8 Å². The molecule has 37 heavy (non-hydrogen) atoms. The van der Waals surface area contributed by atoms with E-state index in [9.17, 15) is 23.1 Å². The van der Waals surface area contributed by atoms with Gasteiger partial charge < -0.3 is 20.3 Å². The molecule has 0 amide bonds. The highest BCUT2D eigenvalue weighted by Crippen LogP contribution is 2.42. The van der Waals surface area contributed by atoms with E-state index in [0.717, 1.165) is 5.57 Å². The van der Waals surface area contributed by atoms with Gasteiger partial charge in [0, 0.05) is 16.7 Å². The van der Waals surface area contributed by atoms with E-state index < -0.39 is 24.2 Å². The highest BCUT2D eigenvalue weighted by Gasteiger charge is 2.45. The standard InChI is InChI=1S/C26H27ClF3N3O4/c1-14(24(34)35)15-2-4-17(5-3-15)21-13-22(33-25(31)32-21)37-23(26(28,29)30)19-7-6-18(27)12-20(19)16-8-10-36-11-9-16/h4,6-8,12-15,23H,2-3,5,9-11H2,1H3,(H,34,35)(H2,31,32,33)/t14?,15?,23-/m1/s1. The van der Waals surface area contributed by atoms with Gasteiger partial charge in [0.2, 0.25) is 17.9 Å². The molecule has 0 fully saturated rings. The number of aromatic nitrogens is 2. The third-order valence-electron chi connectivity index (χ3n) is 6.74. The maximum Gasteiger partial charge on any atom is 0.429 e. The van der Waals surface area contributed by atoms with Crippen LogP contribution < -0.4 is 10.5 Å². The Bertz CT molecular complexity index is 1230. The van der Waals surface area contributed by atoms with Gasteiger partial charge in [-0.25, -0.2) is 4.98 Å². The summed E-state index contributed by atoms with van der Waals surface area (Å²) in [4.78, 5) is 19.4. The molecule has 2 aromatic rings. The Balaban J connectivity index is 1.66. The summed E-state index contributed by atoms with van der Waals surface area (Å²) in [6.07, 6.45) is -1.42. The summed E-state index contributed by atoms with van der Waals surface area (Å²) >= 11 is 6.13. The third kappa shape index (κ3) is 6.42. The van der Waals surface area contributed by atoms with Crippen molar-refractivity contribution in [3.8, 4) is 5.88 Å². The van der Waals surface area contributed by atoms with Crippen molar-refractivity contribution in [3.05, 3.63) is 58.3 Å². The number of allylic oxidation sites excluding steroid dienone is 2. The maximum absolute atomic E-state index is 14.3. The van der Waals surface area contributed by atoms with Gasteiger partial charge in [0.1, 0.15) is 0 Å². The van der Waals surface area contributed by atoms with Crippen molar-refractivity contribution in [2.45, 2.75) is 44.9 Å². The fraction of sp³-hybridized carbons (Fsp3) is 0.423. The molecule has 198 valence electrons. The first-order valence-electron chi connectivity index (χ1n) is 11.9. The average Bonchev–Trinajstić information content (AvgIpc) is 2.86. The molecule has 2 unspecified atom stereocenters. The minimum Gasteiger partial charge on any atom is -0.481 e. The summed E-state index contributed by atoms with van der Waals surface area (Å²) in [5, 5.41) is 9.57. The summed E-state index contributed by atoms with van der Waals surface area (Å²) in [5.74, 6) is -1.93. The zero-order valence-electron chi connectivity index (χ0n) is 20.1. The second-order valence-corrected chi connectivity index (χ2v) is 9.60. The summed E-state index contributed by atoms with van der Waals surface area (Å²) in [6.45, 7) is 2.35. The molecule has 3 N–H and O–H groups in total. The molecule has 11 heteroatoms. The summed E-state index contributed by atoms with van der Waals surface area (Å²) in [5.41, 5.74) is 7.90. The Labute approximate surface area is 217 Å². The van der Waals surface area contributed by atoms with Crippen molar-refractivity contribution >= 4 is 34.7 Å². The highest BCUT2D eigenvalue weighted by atomic mass is 35.5. The lowest BCUT2D eigenvalue weighted by molar-refractivity contribution is -0.198. The quantitative estimate of drug-likeness (QED) is 0.439. The van der Waals surface area contributed by atoms with Gasteiger partial charge in [0.05, 0.1) is 24.8 Å². The SMILES string of the molecule is CC(C(=O)O)C1CC=C(c2cc(O[C@H](c3ccc(Cl)cc3C3=CCOCC3)C(F)(F)F)nc(N)n2)CC1. The Morgan fingerprint density at radius 3 is 2.62 bits per heavy atom. The minimum atomic E-state index is -4.77. The van der Waals surface area contributed by atoms with Crippen LogP contribution in [-0.4, -0.2) is 40.4 Å². The van der Waals surface area contributed by atoms with Crippen molar-refractivity contribution in [1.29, 1.82) is 0 Å². The van der Waals surface area contributed by atoms with Crippen LogP contribution in [0.5, 0.6) is 5.88 Å². The number of halogens is 4. The molecule has 7 nitrogen and oxygen atoms in total. The Kier molecular flexibility index (Phi) is 8.08. The van der Waals surface area contributed by atoms with Gasteiger partial charge in [-0.15, -0.1) is 0 Å². The zero-order chi connectivity index (χ0) is 26.7. The molecular weight excluding hydrogens is 511 g/mol. The number of benzene rings is 1. The number of carboxylic acid groups (broad SMARTS) is 1. The molecule has 0 saturated carbocycles. The monoisotopic (exact) mass is 537 g/mol. The number of hydrogen-bond acceptors (Lipinski definition) is 6. The summed E-state index contributed by atoms with van der Waals surface area (Å²) < 4.78 is 53.8. The van der Waals surface area contributed by atoms with E-state index in [2.05, 4.69) is 9.97 Å². The number of carbonyl (C=O) groups is 1. The van der Waals surface area contributed by atoms with Crippen LogP contribution in [0, 0.1) is 11.8 Å². The van der Waals surface area contributed by atoms with E-state index in [-0.39, 0.29) is 23.3 Å². The number of nitrogens with zero attached hydrogens (tertiary/aromatic N) is 2. The Hall–Kier alpha value is -3.11. The largest absolute Gasteiger partial charge is 0.481 e.